The maximum Gasteiger partial charge on any atom is 0.280 e. The summed E-state index contributed by atoms with van der Waals surface area (Å²) in [5.74, 6) is 0. The molecule has 1 aromatic heterocycles. The van der Waals surface area contributed by atoms with E-state index in [0.717, 1.165) is 16.8 Å². The Morgan fingerprint density at radius 1 is 1.07 bits per heavy atom. The van der Waals surface area contributed by atoms with Crippen molar-refractivity contribution >= 4 is 21.9 Å². The van der Waals surface area contributed by atoms with Crippen LogP contribution >= 0.6 is 0 Å². The van der Waals surface area contributed by atoms with E-state index in [9.17, 15) is 13.2 Å². The predicted molar refractivity (Wildman–Crippen MR) is 106 cm³/mol. The minimum absolute atomic E-state index is 0.0106. The zero-order valence-electron chi connectivity index (χ0n) is 15.2. The van der Waals surface area contributed by atoms with Crippen LogP contribution in [0.25, 0.3) is 5.69 Å². The zero-order chi connectivity index (χ0) is 19.8. The van der Waals surface area contributed by atoms with Crippen molar-refractivity contribution < 1.29 is 8.42 Å². The van der Waals surface area contributed by atoms with Crippen molar-refractivity contribution in [2.45, 2.75) is 25.7 Å². The number of sulfonamides is 1. The number of hydrogen-bond acceptors (Lipinski definition) is 4. The monoisotopic (exact) mass is 384 g/mol. The number of nitrogens with zero attached hydrogens (tertiary/aromatic N) is 2. The lowest BCUT2D eigenvalue weighted by Gasteiger charge is -2.06. The number of primary sulfonamides is 1. The molecule has 0 saturated heterocycles. The van der Waals surface area contributed by atoms with Gasteiger partial charge in [0.1, 0.15) is 0 Å². The van der Waals surface area contributed by atoms with Gasteiger partial charge in [0.25, 0.3) is 5.56 Å². The van der Waals surface area contributed by atoms with Crippen molar-refractivity contribution in [3.63, 3.8) is 0 Å². The second-order valence-corrected chi connectivity index (χ2v) is 7.94. The van der Waals surface area contributed by atoms with Gasteiger partial charge in [-0.15, -0.1) is 0 Å². The molecule has 0 atom stereocenters. The Balaban J connectivity index is 1.95. The summed E-state index contributed by atoms with van der Waals surface area (Å²) in [5, 5.41) is 8.15. The lowest BCUT2D eigenvalue weighted by molar-refractivity contribution is 0.598. The first-order valence-corrected chi connectivity index (χ1v) is 9.77. The van der Waals surface area contributed by atoms with Gasteiger partial charge in [-0.2, -0.15) is 0 Å². The van der Waals surface area contributed by atoms with Gasteiger partial charge < -0.3 is 0 Å². The molecule has 0 aliphatic rings. The van der Waals surface area contributed by atoms with Gasteiger partial charge in [-0.1, -0.05) is 17.7 Å². The van der Waals surface area contributed by atoms with E-state index in [0.29, 0.717) is 16.9 Å². The molecule has 3 N–H and O–H groups in total. The van der Waals surface area contributed by atoms with Crippen LogP contribution in [0.2, 0.25) is 0 Å². The summed E-state index contributed by atoms with van der Waals surface area (Å²) in [5.41, 5.74) is 4.32. The SMILES string of the molecule is Cc1ccc(-n2[nH]c(C)c(C=Nc3ccc(S(N)(=O)=O)cc3)c2=O)c(C)c1. The Kier molecular flexibility index (Phi) is 4.86. The fraction of sp³-hybridized carbons (Fsp3) is 0.158. The van der Waals surface area contributed by atoms with Gasteiger partial charge in [0.15, 0.2) is 0 Å². The lowest BCUT2D eigenvalue weighted by Crippen LogP contribution is -2.18. The van der Waals surface area contributed by atoms with Crippen molar-refractivity contribution in [2.75, 3.05) is 0 Å². The first kappa shape index (κ1) is 18.8. The standard InChI is InChI=1S/C19H20N4O3S/c1-12-4-9-18(13(2)10-12)23-19(24)17(14(3)22-23)11-21-15-5-7-16(8-6-15)27(20,25)26/h4-11,22H,1-3H3,(H2,20,25,26). The largest absolute Gasteiger partial charge is 0.295 e. The van der Waals surface area contributed by atoms with Crippen molar-refractivity contribution in [3.05, 3.63) is 75.2 Å². The van der Waals surface area contributed by atoms with E-state index >= 15 is 0 Å². The molecule has 27 heavy (non-hydrogen) atoms. The smallest absolute Gasteiger partial charge is 0.280 e. The van der Waals surface area contributed by atoms with Crippen LogP contribution < -0.4 is 10.7 Å². The average Bonchev–Trinajstić information content (AvgIpc) is 2.87. The summed E-state index contributed by atoms with van der Waals surface area (Å²) in [7, 11) is -3.74. The number of nitrogens with two attached hydrogens (primary N) is 1. The first-order chi connectivity index (χ1) is 12.7. The second kappa shape index (κ2) is 6.98. The van der Waals surface area contributed by atoms with Crippen LogP contribution in [-0.4, -0.2) is 24.4 Å². The summed E-state index contributed by atoms with van der Waals surface area (Å²) in [4.78, 5) is 17.1. The third-order valence-corrected chi connectivity index (χ3v) is 5.15. The zero-order valence-corrected chi connectivity index (χ0v) is 16.0. The maximum absolute atomic E-state index is 12.8. The number of rotatable bonds is 4. The summed E-state index contributed by atoms with van der Waals surface area (Å²) < 4.78 is 24.1. The van der Waals surface area contributed by atoms with Crippen LogP contribution in [0, 0.1) is 20.8 Å². The van der Waals surface area contributed by atoms with E-state index in [2.05, 4.69) is 10.1 Å². The molecule has 2 aromatic carbocycles. The van der Waals surface area contributed by atoms with Crippen LogP contribution in [0.5, 0.6) is 0 Å². The number of H-pyrrole nitrogens is 1. The molecule has 0 aliphatic carbocycles. The summed E-state index contributed by atoms with van der Waals surface area (Å²) in [6.07, 6.45) is 1.47. The Bertz CT molecular complexity index is 1190. The fourth-order valence-electron chi connectivity index (χ4n) is 2.80. The third kappa shape index (κ3) is 3.91. The molecular weight excluding hydrogens is 364 g/mol. The molecule has 8 heteroatoms. The number of aromatic nitrogens is 2. The van der Waals surface area contributed by atoms with Crippen molar-refractivity contribution in [1.82, 2.24) is 9.78 Å². The molecule has 0 amide bonds. The first-order valence-electron chi connectivity index (χ1n) is 8.23. The summed E-state index contributed by atoms with van der Waals surface area (Å²) >= 11 is 0. The van der Waals surface area contributed by atoms with Gasteiger partial charge in [-0.05, 0) is 56.7 Å². The highest BCUT2D eigenvalue weighted by Gasteiger charge is 2.12. The van der Waals surface area contributed by atoms with Crippen LogP contribution in [0.3, 0.4) is 0 Å². The number of nitrogens with one attached hydrogen (secondary N) is 1. The van der Waals surface area contributed by atoms with Gasteiger partial charge in [-0.3, -0.25) is 14.9 Å². The molecule has 0 fully saturated rings. The molecule has 0 spiro atoms. The number of benzene rings is 2. The quantitative estimate of drug-likeness (QED) is 0.674. The van der Waals surface area contributed by atoms with Crippen LogP contribution in [0.15, 0.2) is 57.1 Å². The molecule has 7 nitrogen and oxygen atoms in total. The molecule has 140 valence electrons. The molecule has 3 aromatic rings. The van der Waals surface area contributed by atoms with E-state index in [4.69, 9.17) is 5.14 Å². The summed E-state index contributed by atoms with van der Waals surface area (Å²) in [6, 6.07) is 11.7. The van der Waals surface area contributed by atoms with Crippen molar-refractivity contribution in [3.8, 4) is 5.69 Å². The number of aryl methyl sites for hydroxylation is 3. The van der Waals surface area contributed by atoms with Gasteiger partial charge in [0.2, 0.25) is 10.0 Å². The maximum atomic E-state index is 12.8. The number of aliphatic imine (C=N–C) groups is 1. The molecule has 1 heterocycles. The highest BCUT2D eigenvalue weighted by molar-refractivity contribution is 7.89. The summed E-state index contributed by atoms with van der Waals surface area (Å²) in [6.45, 7) is 5.75. The van der Waals surface area contributed by atoms with E-state index < -0.39 is 10.0 Å². The lowest BCUT2D eigenvalue weighted by atomic mass is 10.1. The Morgan fingerprint density at radius 2 is 1.74 bits per heavy atom. The van der Waals surface area contributed by atoms with Gasteiger partial charge >= 0.3 is 0 Å². The van der Waals surface area contributed by atoms with Crippen LogP contribution in [0.4, 0.5) is 5.69 Å². The Labute approximate surface area is 157 Å². The highest BCUT2D eigenvalue weighted by atomic mass is 32.2. The second-order valence-electron chi connectivity index (χ2n) is 6.38. The van der Waals surface area contributed by atoms with Crippen molar-refractivity contribution in [2.24, 2.45) is 10.1 Å². The molecule has 0 saturated carbocycles. The van der Waals surface area contributed by atoms with Gasteiger partial charge in [-0.25, -0.2) is 18.2 Å². The number of aromatic amines is 1. The third-order valence-electron chi connectivity index (χ3n) is 4.22. The Morgan fingerprint density at radius 3 is 2.33 bits per heavy atom. The molecule has 0 bridgehead atoms. The topological polar surface area (TPSA) is 110 Å². The number of hydrogen-bond donors (Lipinski definition) is 2. The molecule has 0 radical (unpaired) electrons. The minimum Gasteiger partial charge on any atom is -0.295 e. The van der Waals surface area contributed by atoms with Crippen LogP contribution in [0.1, 0.15) is 22.4 Å². The van der Waals surface area contributed by atoms with Crippen molar-refractivity contribution in [1.29, 1.82) is 0 Å². The minimum atomic E-state index is -3.74. The normalized spacial score (nSPS) is 12.0. The Hall–Kier alpha value is -2.97. The van der Waals surface area contributed by atoms with E-state index in [1.165, 1.54) is 35.2 Å². The van der Waals surface area contributed by atoms with Gasteiger partial charge in [0.05, 0.1) is 21.8 Å². The van der Waals surface area contributed by atoms with Gasteiger partial charge in [0, 0.05) is 11.9 Å². The highest BCUT2D eigenvalue weighted by Crippen LogP contribution is 2.17. The fourth-order valence-corrected chi connectivity index (χ4v) is 3.31. The van der Waals surface area contributed by atoms with E-state index in [-0.39, 0.29) is 10.5 Å². The van der Waals surface area contributed by atoms with Crippen LogP contribution in [-0.2, 0) is 10.0 Å². The molecule has 3 rings (SSSR count). The average molecular weight is 384 g/mol. The molecule has 0 unspecified atom stereocenters. The molecular formula is C19H20N4O3S. The molecule has 0 aliphatic heterocycles. The van der Waals surface area contributed by atoms with E-state index in [1.807, 2.05) is 32.0 Å². The predicted octanol–water partition coefficient (Wildman–Crippen LogP) is 2.49. The van der Waals surface area contributed by atoms with E-state index in [1.54, 1.807) is 6.92 Å².